The van der Waals surface area contributed by atoms with Gasteiger partial charge in [0.1, 0.15) is 0 Å². The van der Waals surface area contributed by atoms with Crippen molar-refractivity contribution >= 4 is 23.3 Å². The summed E-state index contributed by atoms with van der Waals surface area (Å²) in [5.74, 6) is -0.812. The van der Waals surface area contributed by atoms with Crippen LogP contribution in [-0.2, 0) is 4.79 Å². The van der Waals surface area contributed by atoms with Gasteiger partial charge < -0.3 is 10.4 Å². The van der Waals surface area contributed by atoms with Gasteiger partial charge in [-0.15, -0.1) is 0 Å². The van der Waals surface area contributed by atoms with Crippen LogP contribution in [0.3, 0.4) is 0 Å². The van der Waals surface area contributed by atoms with Crippen molar-refractivity contribution in [2.75, 3.05) is 5.32 Å². The third kappa shape index (κ3) is 3.37. The zero-order valence-corrected chi connectivity index (χ0v) is 10.3. The molecule has 1 saturated carbocycles. The number of benzene rings is 1. The van der Waals surface area contributed by atoms with E-state index in [9.17, 15) is 4.79 Å². The van der Waals surface area contributed by atoms with E-state index in [1.54, 1.807) is 0 Å². The maximum absolute atomic E-state index is 10.8. The molecule has 92 valence electrons. The lowest BCUT2D eigenvalue weighted by molar-refractivity contribution is -0.142. The summed E-state index contributed by atoms with van der Waals surface area (Å²) in [6.07, 6.45) is 3.36. The maximum atomic E-state index is 10.8. The summed E-state index contributed by atoms with van der Waals surface area (Å²) in [6.45, 7) is 0. The van der Waals surface area contributed by atoms with E-state index in [1.807, 2.05) is 24.3 Å². The first-order chi connectivity index (χ1) is 8.15. The van der Waals surface area contributed by atoms with E-state index < -0.39 is 5.97 Å². The molecule has 0 unspecified atom stereocenters. The molecule has 4 heteroatoms. The average Bonchev–Trinajstić information content (AvgIpc) is 2.33. The zero-order valence-electron chi connectivity index (χ0n) is 9.53. The van der Waals surface area contributed by atoms with Gasteiger partial charge in [-0.1, -0.05) is 11.6 Å². The first-order valence-corrected chi connectivity index (χ1v) is 6.28. The van der Waals surface area contributed by atoms with Gasteiger partial charge in [-0.25, -0.2) is 0 Å². The Hall–Kier alpha value is -1.22. The number of carboxylic acids is 1. The van der Waals surface area contributed by atoms with Crippen LogP contribution in [0.25, 0.3) is 0 Å². The molecule has 0 heterocycles. The Balaban J connectivity index is 1.85. The fourth-order valence-electron chi connectivity index (χ4n) is 2.27. The predicted octanol–water partition coefficient (Wildman–Crippen LogP) is 3.40. The highest BCUT2D eigenvalue weighted by Gasteiger charge is 2.25. The van der Waals surface area contributed by atoms with Crippen LogP contribution in [0.4, 0.5) is 5.69 Å². The number of carbonyl (C=O) groups is 1. The molecule has 1 fully saturated rings. The molecule has 0 bridgehead atoms. The van der Waals surface area contributed by atoms with Crippen LogP contribution in [0.5, 0.6) is 0 Å². The highest BCUT2D eigenvalue weighted by atomic mass is 35.5. The Bertz CT molecular complexity index is 383. The molecule has 3 nitrogen and oxygen atoms in total. The van der Waals surface area contributed by atoms with Crippen molar-refractivity contribution in [3.63, 3.8) is 0 Å². The van der Waals surface area contributed by atoms with E-state index in [4.69, 9.17) is 16.7 Å². The second kappa shape index (κ2) is 5.41. The summed E-state index contributed by atoms with van der Waals surface area (Å²) < 4.78 is 0. The van der Waals surface area contributed by atoms with Crippen molar-refractivity contribution in [1.29, 1.82) is 0 Å². The van der Waals surface area contributed by atoms with E-state index >= 15 is 0 Å². The van der Waals surface area contributed by atoms with Crippen LogP contribution >= 0.6 is 11.6 Å². The molecule has 0 amide bonds. The minimum atomic E-state index is -0.657. The van der Waals surface area contributed by atoms with Gasteiger partial charge in [-0.2, -0.15) is 0 Å². The molecule has 17 heavy (non-hydrogen) atoms. The molecule has 1 aromatic rings. The van der Waals surface area contributed by atoms with Gasteiger partial charge in [0.25, 0.3) is 0 Å². The quantitative estimate of drug-likeness (QED) is 0.868. The van der Waals surface area contributed by atoms with Crippen molar-refractivity contribution in [3.8, 4) is 0 Å². The van der Waals surface area contributed by atoms with E-state index in [2.05, 4.69) is 5.32 Å². The lowest BCUT2D eigenvalue weighted by Gasteiger charge is -2.27. The molecule has 0 aliphatic heterocycles. The lowest BCUT2D eigenvalue weighted by atomic mass is 9.86. The molecule has 0 saturated heterocycles. The van der Waals surface area contributed by atoms with E-state index in [0.29, 0.717) is 6.04 Å². The molecular formula is C13H16ClNO2. The topological polar surface area (TPSA) is 49.3 Å². The number of anilines is 1. The lowest BCUT2D eigenvalue weighted by Crippen LogP contribution is -2.29. The van der Waals surface area contributed by atoms with Crippen LogP contribution in [0.15, 0.2) is 24.3 Å². The molecule has 1 aliphatic rings. The Labute approximate surface area is 106 Å². The molecule has 0 spiro atoms. The third-order valence-electron chi connectivity index (χ3n) is 3.29. The molecule has 0 atom stereocenters. The van der Waals surface area contributed by atoms with Gasteiger partial charge in [0.05, 0.1) is 5.92 Å². The Kier molecular flexibility index (Phi) is 3.89. The zero-order chi connectivity index (χ0) is 12.3. The molecular weight excluding hydrogens is 238 g/mol. The molecule has 2 rings (SSSR count). The summed E-state index contributed by atoms with van der Waals surface area (Å²) in [4.78, 5) is 10.8. The molecule has 1 aliphatic carbocycles. The fourth-order valence-corrected chi connectivity index (χ4v) is 2.39. The fraction of sp³-hybridized carbons (Fsp3) is 0.462. The molecule has 0 radical (unpaired) electrons. The normalized spacial score (nSPS) is 24.3. The highest BCUT2D eigenvalue weighted by molar-refractivity contribution is 6.30. The van der Waals surface area contributed by atoms with Gasteiger partial charge in [0.15, 0.2) is 0 Å². The van der Waals surface area contributed by atoms with E-state index in [-0.39, 0.29) is 5.92 Å². The van der Waals surface area contributed by atoms with Gasteiger partial charge in [-0.3, -0.25) is 4.79 Å². The Morgan fingerprint density at radius 2 is 1.76 bits per heavy atom. The smallest absolute Gasteiger partial charge is 0.306 e. The molecule has 2 N–H and O–H groups in total. The second-order valence-corrected chi connectivity index (χ2v) is 4.97. The Morgan fingerprint density at radius 1 is 1.18 bits per heavy atom. The third-order valence-corrected chi connectivity index (χ3v) is 3.54. The highest BCUT2D eigenvalue weighted by Crippen LogP contribution is 2.27. The number of hydrogen-bond donors (Lipinski definition) is 2. The van der Waals surface area contributed by atoms with E-state index in [0.717, 1.165) is 36.4 Å². The van der Waals surface area contributed by atoms with Crippen LogP contribution in [0.1, 0.15) is 25.7 Å². The molecule has 0 aromatic heterocycles. The van der Waals surface area contributed by atoms with Gasteiger partial charge in [0, 0.05) is 16.8 Å². The molecule has 1 aromatic carbocycles. The van der Waals surface area contributed by atoms with Crippen LogP contribution in [-0.4, -0.2) is 17.1 Å². The second-order valence-electron chi connectivity index (χ2n) is 4.54. The minimum absolute atomic E-state index is 0.154. The predicted molar refractivity (Wildman–Crippen MR) is 68.5 cm³/mol. The summed E-state index contributed by atoms with van der Waals surface area (Å²) in [5.41, 5.74) is 1.05. The average molecular weight is 254 g/mol. The number of nitrogens with one attached hydrogen (secondary N) is 1. The van der Waals surface area contributed by atoms with E-state index in [1.165, 1.54) is 0 Å². The van der Waals surface area contributed by atoms with Crippen molar-refractivity contribution in [1.82, 2.24) is 0 Å². The Morgan fingerprint density at radius 3 is 2.29 bits per heavy atom. The van der Waals surface area contributed by atoms with Crippen molar-refractivity contribution < 1.29 is 9.90 Å². The van der Waals surface area contributed by atoms with Gasteiger partial charge in [-0.05, 0) is 49.9 Å². The summed E-state index contributed by atoms with van der Waals surface area (Å²) in [7, 11) is 0. The van der Waals surface area contributed by atoms with Crippen LogP contribution in [0, 0.1) is 5.92 Å². The summed E-state index contributed by atoms with van der Waals surface area (Å²) in [5, 5.41) is 13.1. The summed E-state index contributed by atoms with van der Waals surface area (Å²) >= 11 is 5.82. The number of carboxylic acid groups (broad SMARTS) is 1. The largest absolute Gasteiger partial charge is 0.481 e. The van der Waals surface area contributed by atoms with Crippen LogP contribution in [0.2, 0.25) is 5.02 Å². The SMILES string of the molecule is O=C(O)C1CCC(Nc2ccc(Cl)cc2)CC1. The first-order valence-electron chi connectivity index (χ1n) is 5.90. The van der Waals surface area contributed by atoms with Crippen molar-refractivity contribution in [3.05, 3.63) is 29.3 Å². The summed E-state index contributed by atoms with van der Waals surface area (Å²) in [6, 6.07) is 7.99. The number of aliphatic carboxylic acids is 1. The van der Waals surface area contributed by atoms with Crippen LogP contribution < -0.4 is 5.32 Å². The number of halogens is 1. The van der Waals surface area contributed by atoms with Crippen molar-refractivity contribution in [2.24, 2.45) is 5.92 Å². The maximum Gasteiger partial charge on any atom is 0.306 e. The van der Waals surface area contributed by atoms with Crippen molar-refractivity contribution in [2.45, 2.75) is 31.7 Å². The number of rotatable bonds is 3. The van der Waals surface area contributed by atoms with Gasteiger partial charge >= 0.3 is 5.97 Å². The first kappa shape index (κ1) is 12.2. The standard InChI is InChI=1S/C13H16ClNO2/c14-10-3-7-12(8-4-10)15-11-5-1-9(2-6-11)13(16)17/h3-4,7-9,11,15H,1-2,5-6H2,(H,16,17). The number of hydrogen-bond acceptors (Lipinski definition) is 2. The monoisotopic (exact) mass is 253 g/mol. The minimum Gasteiger partial charge on any atom is -0.481 e. The van der Waals surface area contributed by atoms with Gasteiger partial charge in [0.2, 0.25) is 0 Å².